The van der Waals surface area contributed by atoms with Crippen LogP contribution in [0.1, 0.15) is 16.9 Å². The van der Waals surface area contributed by atoms with E-state index < -0.39 is 0 Å². The van der Waals surface area contributed by atoms with E-state index in [9.17, 15) is 4.79 Å². The molecule has 1 aromatic heterocycles. The average molecular weight is 274 g/mol. The molecule has 0 aliphatic rings. The summed E-state index contributed by atoms with van der Waals surface area (Å²) < 4.78 is 5.12. The Morgan fingerprint density at radius 2 is 2.10 bits per heavy atom. The summed E-state index contributed by atoms with van der Waals surface area (Å²) in [7, 11) is 0. The van der Waals surface area contributed by atoms with E-state index >= 15 is 0 Å². The molecule has 0 fully saturated rings. The fraction of sp³-hybridized carbons (Fsp3) is 0.333. The molecule has 0 aliphatic carbocycles. The van der Waals surface area contributed by atoms with Crippen LogP contribution in [0.2, 0.25) is 0 Å². The molecule has 2 rings (SSSR count). The molecule has 20 heavy (non-hydrogen) atoms. The van der Waals surface area contributed by atoms with E-state index in [-0.39, 0.29) is 12.5 Å². The van der Waals surface area contributed by atoms with Crippen molar-refractivity contribution >= 4 is 16.7 Å². The molecule has 1 amide bonds. The number of hydrogen-bond acceptors (Lipinski definition) is 4. The Labute approximate surface area is 117 Å². The van der Waals surface area contributed by atoms with Crippen LogP contribution in [0.25, 0.3) is 10.8 Å². The zero-order chi connectivity index (χ0) is 14.2. The molecular weight excluding hydrogens is 256 g/mol. The van der Waals surface area contributed by atoms with Crippen LogP contribution in [0.3, 0.4) is 0 Å². The van der Waals surface area contributed by atoms with Crippen LogP contribution < -0.4 is 5.32 Å². The molecule has 2 aromatic rings. The largest absolute Gasteiger partial charge is 0.394 e. The van der Waals surface area contributed by atoms with Crippen molar-refractivity contribution in [3.63, 3.8) is 0 Å². The minimum atomic E-state index is -0.177. The van der Waals surface area contributed by atoms with Crippen molar-refractivity contribution < 1.29 is 14.6 Å². The van der Waals surface area contributed by atoms with Crippen LogP contribution >= 0.6 is 0 Å². The van der Waals surface area contributed by atoms with E-state index in [1.807, 2.05) is 30.3 Å². The number of ether oxygens (including phenoxy) is 1. The molecule has 5 nitrogen and oxygen atoms in total. The van der Waals surface area contributed by atoms with Gasteiger partial charge in [0.1, 0.15) is 5.69 Å². The number of amides is 1. The number of fused-ring (bicyclic) bond motifs is 1. The number of hydrogen-bond donors (Lipinski definition) is 2. The molecule has 0 saturated carbocycles. The minimum absolute atomic E-state index is 0.0201. The number of benzene rings is 1. The quantitative estimate of drug-likeness (QED) is 0.748. The Morgan fingerprint density at radius 3 is 2.95 bits per heavy atom. The van der Waals surface area contributed by atoms with Crippen LogP contribution in [0, 0.1) is 0 Å². The van der Waals surface area contributed by atoms with Gasteiger partial charge < -0.3 is 15.2 Å². The Kier molecular flexibility index (Phi) is 5.46. The summed E-state index contributed by atoms with van der Waals surface area (Å²) in [5.41, 5.74) is 0.444. The van der Waals surface area contributed by atoms with Crippen molar-refractivity contribution in [2.24, 2.45) is 0 Å². The van der Waals surface area contributed by atoms with Gasteiger partial charge in [-0.05, 0) is 17.9 Å². The van der Waals surface area contributed by atoms with E-state index in [4.69, 9.17) is 9.84 Å². The first-order valence-electron chi connectivity index (χ1n) is 6.63. The van der Waals surface area contributed by atoms with Crippen LogP contribution in [-0.2, 0) is 4.74 Å². The van der Waals surface area contributed by atoms with Crippen LogP contribution in [0.15, 0.2) is 36.5 Å². The Bertz CT molecular complexity index is 567. The highest BCUT2D eigenvalue weighted by atomic mass is 16.5. The normalized spacial score (nSPS) is 10.7. The van der Waals surface area contributed by atoms with Gasteiger partial charge in [-0.1, -0.05) is 24.3 Å². The monoisotopic (exact) mass is 274 g/mol. The molecule has 0 aliphatic heterocycles. The molecule has 2 N–H and O–H groups in total. The highest BCUT2D eigenvalue weighted by Crippen LogP contribution is 2.15. The number of carbonyl (C=O) groups excluding carboxylic acids is 1. The summed E-state index contributed by atoms with van der Waals surface area (Å²) in [6.07, 6.45) is 2.35. The van der Waals surface area contributed by atoms with Gasteiger partial charge in [0.2, 0.25) is 0 Å². The fourth-order valence-corrected chi connectivity index (χ4v) is 1.93. The topological polar surface area (TPSA) is 71.5 Å². The highest BCUT2D eigenvalue weighted by molar-refractivity contribution is 6.05. The lowest BCUT2D eigenvalue weighted by Crippen LogP contribution is -2.26. The minimum Gasteiger partial charge on any atom is -0.394 e. The van der Waals surface area contributed by atoms with Gasteiger partial charge >= 0.3 is 0 Å². The second kappa shape index (κ2) is 7.57. The number of pyridine rings is 1. The van der Waals surface area contributed by atoms with E-state index in [1.54, 1.807) is 6.20 Å². The molecule has 0 atom stereocenters. The maximum atomic E-state index is 12.1. The van der Waals surface area contributed by atoms with E-state index in [0.29, 0.717) is 31.9 Å². The molecule has 1 heterocycles. The van der Waals surface area contributed by atoms with Gasteiger partial charge in [0.15, 0.2) is 0 Å². The van der Waals surface area contributed by atoms with Crippen LogP contribution in [0.5, 0.6) is 0 Å². The Hall–Kier alpha value is -1.98. The average Bonchev–Trinajstić information content (AvgIpc) is 2.50. The first-order valence-corrected chi connectivity index (χ1v) is 6.63. The predicted octanol–water partition coefficient (Wildman–Crippen LogP) is 1.36. The third kappa shape index (κ3) is 3.76. The number of aromatic nitrogens is 1. The van der Waals surface area contributed by atoms with Crippen molar-refractivity contribution in [3.8, 4) is 0 Å². The molecule has 0 saturated heterocycles. The standard InChI is InChI=1S/C15H18N2O3/c18-9-11-20-10-3-7-17-15(19)14-13-5-2-1-4-12(13)6-8-16-14/h1-2,4-6,8,18H,3,7,9-11H2,(H,17,19). The number of aliphatic hydroxyl groups excluding tert-OH is 1. The summed E-state index contributed by atoms with van der Waals surface area (Å²) in [6, 6.07) is 9.55. The van der Waals surface area contributed by atoms with Crippen molar-refractivity contribution in [3.05, 3.63) is 42.2 Å². The summed E-state index contributed by atoms with van der Waals surface area (Å²) in [6.45, 7) is 1.39. The number of aliphatic hydroxyl groups is 1. The second-order valence-electron chi connectivity index (χ2n) is 4.33. The molecule has 0 bridgehead atoms. The number of rotatable bonds is 7. The molecule has 0 spiro atoms. The van der Waals surface area contributed by atoms with Crippen LogP contribution in [-0.4, -0.2) is 42.4 Å². The zero-order valence-electron chi connectivity index (χ0n) is 11.2. The third-order valence-electron chi connectivity index (χ3n) is 2.88. The fourth-order valence-electron chi connectivity index (χ4n) is 1.93. The molecule has 0 unspecified atom stereocenters. The first-order chi connectivity index (χ1) is 9.83. The van der Waals surface area contributed by atoms with Gasteiger partial charge in [-0.2, -0.15) is 0 Å². The summed E-state index contributed by atoms with van der Waals surface area (Å²) in [5.74, 6) is -0.177. The molecular formula is C15H18N2O3. The van der Waals surface area contributed by atoms with Crippen molar-refractivity contribution in [2.75, 3.05) is 26.4 Å². The van der Waals surface area contributed by atoms with E-state index in [2.05, 4.69) is 10.3 Å². The van der Waals surface area contributed by atoms with Gasteiger partial charge in [0.05, 0.1) is 13.2 Å². The van der Waals surface area contributed by atoms with Gasteiger partial charge in [-0.3, -0.25) is 9.78 Å². The lowest BCUT2D eigenvalue weighted by atomic mass is 10.1. The molecule has 5 heteroatoms. The lowest BCUT2D eigenvalue weighted by molar-refractivity contribution is 0.0866. The Balaban J connectivity index is 1.91. The first kappa shape index (κ1) is 14.4. The summed E-state index contributed by atoms with van der Waals surface area (Å²) >= 11 is 0. The third-order valence-corrected chi connectivity index (χ3v) is 2.88. The van der Waals surface area contributed by atoms with Crippen molar-refractivity contribution in [1.82, 2.24) is 10.3 Å². The lowest BCUT2D eigenvalue weighted by Gasteiger charge is -2.07. The SMILES string of the molecule is O=C(NCCCOCCO)c1nccc2ccccc12. The number of nitrogens with one attached hydrogen (secondary N) is 1. The van der Waals surface area contributed by atoms with Crippen molar-refractivity contribution in [1.29, 1.82) is 0 Å². The number of nitrogens with zero attached hydrogens (tertiary/aromatic N) is 1. The maximum Gasteiger partial charge on any atom is 0.270 e. The predicted molar refractivity (Wildman–Crippen MR) is 76.6 cm³/mol. The van der Waals surface area contributed by atoms with Gasteiger partial charge in [-0.15, -0.1) is 0 Å². The highest BCUT2D eigenvalue weighted by Gasteiger charge is 2.10. The molecule has 0 radical (unpaired) electrons. The van der Waals surface area contributed by atoms with Gasteiger partial charge in [0, 0.05) is 24.7 Å². The van der Waals surface area contributed by atoms with Gasteiger partial charge in [0.25, 0.3) is 5.91 Å². The van der Waals surface area contributed by atoms with Crippen LogP contribution in [0.4, 0.5) is 0 Å². The van der Waals surface area contributed by atoms with E-state index in [0.717, 1.165) is 10.8 Å². The summed E-state index contributed by atoms with van der Waals surface area (Å²) in [5, 5.41) is 13.2. The van der Waals surface area contributed by atoms with Crippen molar-refractivity contribution in [2.45, 2.75) is 6.42 Å². The second-order valence-corrected chi connectivity index (χ2v) is 4.33. The number of carbonyl (C=O) groups is 1. The van der Waals surface area contributed by atoms with E-state index in [1.165, 1.54) is 0 Å². The molecule has 1 aromatic carbocycles. The summed E-state index contributed by atoms with van der Waals surface area (Å²) in [4.78, 5) is 16.3. The maximum absolute atomic E-state index is 12.1. The van der Waals surface area contributed by atoms with Gasteiger partial charge in [-0.25, -0.2) is 0 Å². The zero-order valence-corrected chi connectivity index (χ0v) is 11.2. The molecule has 106 valence electrons. The smallest absolute Gasteiger partial charge is 0.270 e. The Morgan fingerprint density at radius 1 is 1.25 bits per heavy atom.